The molecule has 2 atom stereocenters. The summed E-state index contributed by atoms with van der Waals surface area (Å²) in [6.45, 7) is 5.47. The van der Waals surface area contributed by atoms with Gasteiger partial charge in [-0.15, -0.1) is 0 Å². The van der Waals surface area contributed by atoms with Crippen molar-refractivity contribution in [3.63, 3.8) is 0 Å². The molecule has 260 valence electrons. The fourth-order valence-electron chi connectivity index (χ4n) is 5.75. The predicted molar refractivity (Wildman–Crippen MR) is 175 cm³/mol. The summed E-state index contributed by atoms with van der Waals surface area (Å²) in [6.07, 6.45) is 0.934. The minimum Gasteiger partial charge on any atom is -0.511 e. The molecule has 1 aliphatic heterocycles. The van der Waals surface area contributed by atoms with Crippen molar-refractivity contribution in [2.45, 2.75) is 65.0 Å². The first-order valence-corrected chi connectivity index (χ1v) is 15.8. The van der Waals surface area contributed by atoms with E-state index < -0.39 is 30.1 Å². The number of benzene rings is 1. The molecule has 1 aromatic heterocycles. The van der Waals surface area contributed by atoms with Crippen molar-refractivity contribution in [3.05, 3.63) is 41.6 Å². The fourth-order valence-corrected chi connectivity index (χ4v) is 5.75. The van der Waals surface area contributed by atoms with Gasteiger partial charge >= 0.3 is 6.09 Å². The highest BCUT2D eigenvalue weighted by Gasteiger charge is 2.34. The number of Topliss-reactive ketones (excluding diaryl/α,β-unsaturated/α-hetero) is 1. The van der Waals surface area contributed by atoms with Crippen LogP contribution in [0.3, 0.4) is 0 Å². The Morgan fingerprint density at radius 2 is 2.00 bits per heavy atom. The number of hydrogen-bond acceptors (Lipinski definition) is 12. The first-order chi connectivity index (χ1) is 23.3. The van der Waals surface area contributed by atoms with Gasteiger partial charge in [0.1, 0.15) is 29.6 Å². The van der Waals surface area contributed by atoms with Crippen molar-refractivity contribution >= 4 is 46.2 Å². The molecular formula is C33H40N8O8. The Kier molecular flexibility index (Phi) is 11.8. The molecule has 2 heterocycles. The molecule has 49 heavy (non-hydrogen) atoms. The van der Waals surface area contributed by atoms with Crippen LogP contribution in [-0.2, 0) is 19.1 Å². The van der Waals surface area contributed by atoms with Crippen LogP contribution in [0.4, 0.5) is 4.79 Å². The van der Waals surface area contributed by atoms with Crippen LogP contribution in [0, 0.1) is 16.7 Å². The second-order valence-corrected chi connectivity index (χ2v) is 12.6. The van der Waals surface area contributed by atoms with E-state index in [4.69, 9.17) is 15.2 Å². The van der Waals surface area contributed by atoms with Crippen LogP contribution in [0.1, 0.15) is 63.4 Å². The molecule has 16 heteroatoms. The molecule has 0 saturated carbocycles. The molecule has 1 aromatic carbocycles. The number of carbonyl (C=O) groups is 5. The van der Waals surface area contributed by atoms with Gasteiger partial charge < -0.3 is 35.8 Å². The number of nitrogens with two attached hydrogens (primary N) is 1. The molecule has 2 aromatic rings. The number of aliphatic hydroxyl groups excluding tert-OH is 1. The monoisotopic (exact) mass is 676 g/mol. The quantitative estimate of drug-likeness (QED) is 0.176. The number of rotatable bonds is 13. The van der Waals surface area contributed by atoms with Gasteiger partial charge in [-0.05, 0) is 49.8 Å². The van der Waals surface area contributed by atoms with Crippen LogP contribution >= 0.6 is 0 Å². The van der Waals surface area contributed by atoms with Crippen LogP contribution < -0.4 is 21.1 Å². The smallest absolute Gasteiger partial charge is 0.405 e. The van der Waals surface area contributed by atoms with Crippen molar-refractivity contribution in [2.75, 3.05) is 32.8 Å². The zero-order valence-corrected chi connectivity index (χ0v) is 27.7. The standard InChI is InChI=1S/C33H40N8O8/c1-19(28-24(42)13-33(2,3)14-25(28)43)37-16-26(49-32(35)47)30(45)36-9-5-11-48-21-7-8-23-22(12-21)29(40-18-39-23)31(46)38-17-27(44)41-10-4-6-20(41)15-34/h7-8,12,18,20,26,42H,4-6,9-11,13-14,16-17H2,1-3H3,(H2,35,47)(H,36,45)(H,38,46)/t20-,26+/m0/s1. The number of amides is 4. The number of nitrogens with one attached hydrogen (secondary N) is 2. The van der Waals surface area contributed by atoms with Crippen LogP contribution in [0.5, 0.6) is 5.75 Å². The summed E-state index contributed by atoms with van der Waals surface area (Å²) in [5.41, 5.74) is 5.64. The molecule has 0 spiro atoms. The minimum atomic E-state index is -1.37. The Hall–Kier alpha value is -5.59. The molecule has 16 nitrogen and oxygen atoms in total. The lowest BCUT2D eigenvalue weighted by atomic mass is 9.76. The summed E-state index contributed by atoms with van der Waals surface area (Å²) in [5.74, 6) is -1.51. The molecule has 0 radical (unpaired) electrons. The maximum atomic E-state index is 12.9. The molecule has 2 aliphatic rings. The number of aliphatic hydroxyl groups is 1. The summed E-state index contributed by atoms with van der Waals surface area (Å²) in [6, 6.07) is 6.53. The Morgan fingerprint density at radius 1 is 1.22 bits per heavy atom. The highest BCUT2D eigenvalue weighted by molar-refractivity contribution is 6.22. The number of fused-ring (bicyclic) bond motifs is 1. The SMILES string of the molecule is CC(=NC[C@@H](OC(N)=O)C(=O)NCCCOc1ccc2ncnc(C(=O)NCC(=O)N3CCC[C@H]3C#N)c2c1)C1=C(O)CC(C)(C)CC1=O. The number of likely N-dealkylation sites (tertiary alicyclic amines) is 1. The van der Waals surface area contributed by atoms with E-state index in [1.165, 1.54) is 18.2 Å². The number of carbonyl (C=O) groups excluding carboxylic acids is 5. The number of aromatic nitrogens is 2. The first-order valence-electron chi connectivity index (χ1n) is 15.8. The summed E-state index contributed by atoms with van der Waals surface area (Å²) >= 11 is 0. The third kappa shape index (κ3) is 9.49. The lowest BCUT2D eigenvalue weighted by Crippen LogP contribution is -2.42. The zero-order valence-electron chi connectivity index (χ0n) is 27.7. The maximum absolute atomic E-state index is 12.9. The van der Waals surface area contributed by atoms with Crippen LogP contribution in [0.25, 0.3) is 10.9 Å². The minimum absolute atomic E-state index is 0.0513. The first kappa shape index (κ1) is 36.2. The van der Waals surface area contributed by atoms with E-state index >= 15 is 0 Å². The molecule has 4 amide bonds. The highest BCUT2D eigenvalue weighted by atomic mass is 16.6. The molecular weight excluding hydrogens is 636 g/mol. The number of nitriles is 1. The van der Waals surface area contributed by atoms with Gasteiger partial charge in [0.05, 0.1) is 36.9 Å². The normalized spacial score (nSPS) is 18.1. The van der Waals surface area contributed by atoms with Crippen LogP contribution in [-0.4, -0.2) is 100 Å². The fraction of sp³-hybridized carbons (Fsp3) is 0.485. The van der Waals surface area contributed by atoms with Gasteiger partial charge in [-0.2, -0.15) is 5.26 Å². The summed E-state index contributed by atoms with van der Waals surface area (Å²) in [7, 11) is 0. The lowest BCUT2D eigenvalue weighted by molar-refractivity contribution is -0.130. The van der Waals surface area contributed by atoms with Gasteiger partial charge in [0, 0.05) is 37.0 Å². The van der Waals surface area contributed by atoms with E-state index in [-0.39, 0.29) is 72.5 Å². The summed E-state index contributed by atoms with van der Waals surface area (Å²) in [4.78, 5) is 76.3. The van der Waals surface area contributed by atoms with E-state index in [1.54, 1.807) is 18.2 Å². The van der Waals surface area contributed by atoms with Crippen molar-refractivity contribution in [2.24, 2.45) is 16.1 Å². The Balaban J connectivity index is 1.29. The Bertz CT molecular complexity index is 1730. The van der Waals surface area contributed by atoms with Gasteiger partial charge in [-0.3, -0.25) is 24.2 Å². The van der Waals surface area contributed by atoms with Crippen molar-refractivity contribution < 1.29 is 38.6 Å². The lowest BCUT2D eigenvalue weighted by Gasteiger charge is -2.29. The third-order valence-corrected chi connectivity index (χ3v) is 8.09. The van der Waals surface area contributed by atoms with Crippen molar-refractivity contribution in [1.82, 2.24) is 25.5 Å². The molecule has 1 aliphatic carbocycles. The van der Waals surface area contributed by atoms with E-state index in [0.717, 1.165) is 6.42 Å². The van der Waals surface area contributed by atoms with Crippen molar-refractivity contribution in [1.29, 1.82) is 5.26 Å². The van der Waals surface area contributed by atoms with Crippen molar-refractivity contribution in [3.8, 4) is 11.8 Å². The summed E-state index contributed by atoms with van der Waals surface area (Å²) < 4.78 is 10.8. The number of primary amides is 1. The van der Waals surface area contributed by atoms with Crippen LogP contribution in [0.15, 0.2) is 40.9 Å². The van der Waals surface area contributed by atoms with E-state index in [1.807, 2.05) is 13.8 Å². The molecule has 4 rings (SSSR count). The number of hydrogen-bond donors (Lipinski definition) is 4. The number of allylic oxidation sites excluding steroid dienone is 2. The number of aliphatic imine (C=N–C) groups is 1. The van der Waals surface area contributed by atoms with Gasteiger partial charge in [-0.25, -0.2) is 14.8 Å². The topological polar surface area (TPSA) is 239 Å². The average molecular weight is 677 g/mol. The van der Waals surface area contributed by atoms with Gasteiger partial charge in [0.2, 0.25) is 12.0 Å². The average Bonchev–Trinajstić information content (AvgIpc) is 3.53. The number of ketones is 1. The van der Waals surface area contributed by atoms with Gasteiger partial charge in [-0.1, -0.05) is 13.8 Å². The van der Waals surface area contributed by atoms with Crippen LogP contribution in [0.2, 0.25) is 0 Å². The Morgan fingerprint density at radius 3 is 2.71 bits per heavy atom. The molecule has 1 saturated heterocycles. The third-order valence-electron chi connectivity index (χ3n) is 8.09. The Labute approximate surface area is 282 Å². The summed E-state index contributed by atoms with van der Waals surface area (Å²) in [5, 5.41) is 25.3. The van der Waals surface area contributed by atoms with Gasteiger partial charge in [0.15, 0.2) is 5.78 Å². The van der Waals surface area contributed by atoms with E-state index in [9.17, 15) is 34.3 Å². The maximum Gasteiger partial charge on any atom is 0.405 e. The number of nitrogens with zero attached hydrogens (tertiary/aromatic N) is 5. The predicted octanol–water partition coefficient (Wildman–Crippen LogP) is 1.89. The van der Waals surface area contributed by atoms with Gasteiger partial charge in [0.25, 0.3) is 11.8 Å². The second-order valence-electron chi connectivity index (χ2n) is 12.6. The number of ether oxygens (including phenoxy) is 2. The molecule has 0 bridgehead atoms. The zero-order chi connectivity index (χ0) is 35.7. The molecule has 5 N–H and O–H groups in total. The second kappa shape index (κ2) is 16.0. The highest BCUT2D eigenvalue weighted by Crippen LogP contribution is 2.36. The largest absolute Gasteiger partial charge is 0.511 e. The van der Waals surface area contributed by atoms with E-state index in [2.05, 4.69) is 31.7 Å². The van der Waals surface area contributed by atoms with E-state index in [0.29, 0.717) is 42.5 Å². The molecule has 0 unspecified atom stereocenters. The molecule has 1 fully saturated rings.